The smallest absolute Gasteiger partial charge is 0.411 e. The SMILES string of the molecule is CC(C)(C)c1ccc(CNc2nccn3c(NC(=O)O)nnc23)cc1. The Morgan fingerprint density at radius 3 is 2.56 bits per heavy atom. The molecular weight excluding hydrogens is 320 g/mol. The lowest BCUT2D eigenvalue weighted by Crippen LogP contribution is -2.11. The van der Waals surface area contributed by atoms with E-state index in [-0.39, 0.29) is 11.4 Å². The molecule has 0 aliphatic carbocycles. The molecule has 0 aliphatic rings. The van der Waals surface area contributed by atoms with Gasteiger partial charge in [-0.25, -0.2) is 9.78 Å². The number of hydrogen-bond donors (Lipinski definition) is 3. The molecule has 0 unspecified atom stereocenters. The van der Waals surface area contributed by atoms with Gasteiger partial charge >= 0.3 is 6.09 Å². The van der Waals surface area contributed by atoms with E-state index in [9.17, 15) is 4.79 Å². The maximum absolute atomic E-state index is 10.8. The zero-order valence-corrected chi connectivity index (χ0v) is 14.3. The van der Waals surface area contributed by atoms with Crippen LogP contribution in [0, 0.1) is 0 Å². The number of anilines is 2. The van der Waals surface area contributed by atoms with E-state index in [2.05, 4.69) is 70.9 Å². The van der Waals surface area contributed by atoms with Crippen molar-refractivity contribution in [1.82, 2.24) is 19.6 Å². The van der Waals surface area contributed by atoms with Gasteiger partial charge in [-0.05, 0) is 16.5 Å². The first-order chi connectivity index (χ1) is 11.8. The van der Waals surface area contributed by atoms with Gasteiger partial charge in [0, 0.05) is 18.9 Å². The fraction of sp³-hybridized carbons (Fsp3) is 0.294. The minimum Gasteiger partial charge on any atom is -0.465 e. The van der Waals surface area contributed by atoms with Crippen molar-refractivity contribution < 1.29 is 9.90 Å². The Hall–Kier alpha value is -3.16. The molecule has 0 bridgehead atoms. The van der Waals surface area contributed by atoms with Crippen molar-refractivity contribution in [3.05, 3.63) is 47.8 Å². The van der Waals surface area contributed by atoms with Crippen molar-refractivity contribution in [2.75, 3.05) is 10.6 Å². The second kappa shape index (κ2) is 6.39. The van der Waals surface area contributed by atoms with Crippen LogP contribution in [-0.2, 0) is 12.0 Å². The molecule has 8 nitrogen and oxygen atoms in total. The highest BCUT2D eigenvalue weighted by Crippen LogP contribution is 2.22. The summed E-state index contributed by atoms with van der Waals surface area (Å²) < 4.78 is 1.53. The molecule has 3 aromatic rings. The number of carboxylic acid groups (broad SMARTS) is 1. The standard InChI is InChI=1S/C17H20N6O2/c1-17(2,3)12-6-4-11(5-7-12)10-19-13-14-21-22-15(20-16(24)25)23(14)9-8-18-13/h4-9H,10H2,1-3H3,(H,18,19)(H,20,22)(H,24,25). The fourth-order valence-electron chi connectivity index (χ4n) is 2.44. The second-order valence-electron chi connectivity index (χ2n) is 6.72. The molecule has 2 aromatic heterocycles. The molecule has 0 saturated carbocycles. The van der Waals surface area contributed by atoms with Gasteiger partial charge in [-0.3, -0.25) is 9.72 Å². The highest BCUT2D eigenvalue weighted by Gasteiger charge is 2.14. The van der Waals surface area contributed by atoms with Crippen LogP contribution in [0.5, 0.6) is 0 Å². The summed E-state index contributed by atoms with van der Waals surface area (Å²) in [5, 5.41) is 22.1. The molecule has 2 heterocycles. The number of amides is 1. The number of nitrogens with zero attached hydrogens (tertiary/aromatic N) is 4. The van der Waals surface area contributed by atoms with E-state index in [1.54, 1.807) is 12.4 Å². The zero-order chi connectivity index (χ0) is 18.0. The molecule has 1 amide bonds. The topological polar surface area (TPSA) is 104 Å². The molecule has 0 fully saturated rings. The van der Waals surface area contributed by atoms with E-state index >= 15 is 0 Å². The lowest BCUT2D eigenvalue weighted by molar-refractivity contribution is 0.209. The van der Waals surface area contributed by atoms with Gasteiger partial charge < -0.3 is 10.4 Å². The van der Waals surface area contributed by atoms with Crippen LogP contribution in [0.4, 0.5) is 16.6 Å². The Kier molecular flexibility index (Phi) is 4.26. The van der Waals surface area contributed by atoms with Crippen LogP contribution in [-0.4, -0.2) is 30.8 Å². The first-order valence-electron chi connectivity index (χ1n) is 7.87. The molecule has 3 rings (SSSR count). The maximum Gasteiger partial charge on any atom is 0.411 e. The lowest BCUT2D eigenvalue weighted by atomic mass is 9.87. The third kappa shape index (κ3) is 3.68. The summed E-state index contributed by atoms with van der Waals surface area (Å²) in [6.07, 6.45) is 1.97. The van der Waals surface area contributed by atoms with Gasteiger partial charge in [-0.15, -0.1) is 10.2 Å². The van der Waals surface area contributed by atoms with Crippen LogP contribution in [0.1, 0.15) is 31.9 Å². The number of nitrogens with one attached hydrogen (secondary N) is 2. The predicted octanol–water partition coefficient (Wildman–Crippen LogP) is 3.12. The van der Waals surface area contributed by atoms with Gasteiger partial charge in [0.1, 0.15) is 0 Å². The molecule has 8 heteroatoms. The minimum absolute atomic E-state index is 0.119. The molecular formula is C17H20N6O2. The Morgan fingerprint density at radius 2 is 1.92 bits per heavy atom. The highest BCUT2D eigenvalue weighted by molar-refractivity contribution is 5.81. The summed E-state index contributed by atoms with van der Waals surface area (Å²) >= 11 is 0. The molecule has 0 atom stereocenters. The Morgan fingerprint density at radius 1 is 1.20 bits per heavy atom. The summed E-state index contributed by atoms with van der Waals surface area (Å²) in [6.45, 7) is 7.11. The van der Waals surface area contributed by atoms with Gasteiger partial charge in [-0.2, -0.15) is 0 Å². The van der Waals surface area contributed by atoms with Gasteiger partial charge in [0.05, 0.1) is 0 Å². The number of benzene rings is 1. The van der Waals surface area contributed by atoms with Crippen molar-refractivity contribution in [3.63, 3.8) is 0 Å². The van der Waals surface area contributed by atoms with E-state index < -0.39 is 6.09 Å². The first-order valence-corrected chi connectivity index (χ1v) is 7.87. The Balaban J connectivity index is 1.77. The van der Waals surface area contributed by atoms with Crippen LogP contribution in [0.2, 0.25) is 0 Å². The normalized spacial score (nSPS) is 11.5. The number of rotatable bonds is 4. The Labute approximate surface area is 144 Å². The van der Waals surface area contributed by atoms with E-state index in [1.165, 1.54) is 9.96 Å². The molecule has 25 heavy (non-hydrogen) atoms. The first kappa shape index (κ1) is 16.7. The van der Waals surface area contributed by atoms with Gasteiger partial charge in [0.2, 0.25) is 11.6 Å². The quantitative estimate of drug-likeness (QED) is 0.674. The average molecular weight is 340 g/mol. The van der Waals surface area contributed by atoms with E-state index in [0.29, 0.717) is 18.0 Å². The molecule has 0 aliphatic heterocycles. The molecule has 0 radical (unpaired) electrons. The molecule has 3 N–H and O–H groups in total. The van der Waals surface area contributed by atoms with Gasteiger partial charge in [-0.1, -0.05) is 45.0 Å². The minimum atomic E-state index is -1.19. The molecule has 1 aromatic carbocycles. The summed E-state index contributed by atoms with van der Waals surface area (Å²) in [6, 6.07) is 8.40. The van der Waals surface area contributed by atoms with E-state index in [1.807, 2.05) is 0 Å². The van der Waals surface area contributed by atoms with Crippen molar-refractivity contribution in [2.24, 2.45) is 0 Å². The predicted molar refractivity (Wildman–Crippen MR) is 94.9 cm³/mol. The molecule has 0 spiro atoms. The monoisotopic (exact) mass is 340 g/mol. The van der Waals surface area contributed by atoms with Crippen LogP contribution in [0.15, 0.2) is 36.7 Å². The zero-order valence-electron chi connectivity index (χ0n) is 14.3. The van der Waals surface area contributed by atoms with Crippen molar-refractivity contribution in [1.29, 1.82) is 0 Å². The van der Waals surface area contributed by atoms with Crippen molar-refractivity contribution in [2.45, 2.75) is 32.7 Å². The number of hydrogen-bond acceptors (Lipinski definition) is 5. The second-order valence-corrected chi connectivity index (χ2v) is 6.72. The van der Waals surface area contributed by atoms with Gasteiger partial charge in [0.25, 0.3) is 0 Å². The van der Waals surface area contributed by atoms with Crippen LogP contribution in [0.25, 0.3) is 5.65 Å². The van der Waals surface area contributed by atoms with Crippen molar-refractivity contribution in [3.8, 4) is 0 Å². The lowest BCUT2D eigenvalue weighted by Gasteiger charge is -2.19. The third-order valence-electron chi connectivity index (χ3n) is 3.83. The summed E-state index contributed by atoms with van der Waals surface area (Å²) in [5.74, 6) is 0.663. The molecule has 130 valence electrons. The average Bonchev–Trinajstić information content (AvgIpc) is 2.95. The molecule has 0 saturated heterocycles. The van der Waals surface area contributed by atoms with Crippen LogP contribution >= 0.6 is 0 Å². The van der Waals surface area contributed by atoms with E-state index in [0.717, 1.165) is 5.56 Å². The number of carbonyl (C=O) groups is 1. The summed E-state index contributed by atoms with van der Waals surface area (Å²) in [5.41, 5.74) is 2.96. The fourth-order valence-corrected chi connectivity index (χ4v) is 2.44. The number of fused-ring (bicyclic) bond motifs is 1. The van der Waals surface area contributed by atoms with Gasteiger partial charge in [0.15, 0.2) is 5.82 Å². The van der Waals surface area contributed by atoms with Crippen LogP contribution < -0.4 is 10.6 Å². The van der Waals surface area contributed by atoms with Crippen molar-refractivity contribution >= 4 is 23.5 Å². The summed E-state index contributed by atoms with van der Waals surface area (Å²) in [4.78, 5) is 15.0. The maximum atomic E-state index is 10.8. The third-order valence-corrected chi connectivity index (χ3v) is 3.83. The largest absolute Gasteiger partial charge is 0.465 e. The summed E-state index contributed by atoms with van der Waals surface area (Å²) in [7, 11) is 0. The Bertz CT molecular complexity index is 896. The highest BCUT2D eigenvalue weighted by atomic mass is 16.4. The van der Waals surface area contributed by atoms with Crippen LogP contribution in [0.3, 0.4) is 0 Å². The number of aromatic nitrogens is 4. The van der Waals surface area contributed by atoms with E-state index in [4.69, 9.17) is 5.11 Å².